The van der Waals surface area contributed by atoms with Crippen molar-refractivity contribution in [2.24, 2.45) is 10.2 Å². The van der Waals surface area contributed by atoms with E-state index in [-0.39, 0.29) is 0 Å². The van der Waals surface area contributed by atoms with E-state index in [2.05, 4.69) is 40.6 Å². The molecule has 2 bridgehead atoms. The van der Waals surface area contributed by atoms with Gasteiger partial charge in [0.1, 0.15) is 0 Å². The van der Waals surface area contributed by atoms with Crippen LogP contribution in [0.2, 0.25) is 0 Å². The molecule has 1 aromatic rings. The number of rotatable bonds is 1. The lowest BCUT2D eigenvalue weighted by Gasteiger charge is -2.35. The van der Waals surface area contributed by atoms with Gasteiger partial charge in [-0.15, -0.1) is 0 Å². The van der Waals surface area contributed by atoms with Gasteiger partial charge in [0.05, 0.1) is 12.1 Å². The molecule has 1 saturated carbocycles. The average molecular weight is 186 g/mol. The highest BCUT2D eigenvalue weighted by Gasteiger charge is 2.35. The molecule has 0 radical (unpaired) electrons. The van der Waals surface area contributed by atoms with Crippen LogP contribution in [-0.4, -0.2) is 12.1 Å². The second-order valence-corrected chi connectivity index (χ2v) is 4.28. The Morgan fingerprint density at radius 3 is 2.43 bits per heavy atom. The van der Waals surface area contributed by atoms with Gasteiger partial charge in [-0.3, -0.25) is 0 Å². The summed E-state index contributed by atoms with van der Waals surface area (Å²) >= 11 is 0. The minimum absolute atomic E-state index is 0.461. The van der Waals surface area contributed by atoms with Crippen molar-refractivity contribution in [2.75, 3.05) is 0 Å². The smallest absolute Gasteiger partial charge is 0.0778 e. The normalized spacial score (nSPS) is 34.7. The molecule has 2 aliphatic heterocycles. The summed E-state index contributed by atoms with van der Waals surface area (Å²) in [5.74, 6) is 0.632. The van der Waals surface area contributed by atoms with Gasteiger partial charge in [-0.2, -0.15) is 10.2 Å². The van der Waals surface area contributed by atoms with E-state index in [1.54, 1.807) is 0 Å². The van der Waals surface area contributed by atoms with Crippen LogP contribution in [-0.2, 0) is 0 Å². The molecule has 1 aromatic carbocycles. The Morgan fingerprint density at radius 2 is 1.86 bits per heavy atom. The van der Waals surface area contributed by atoms with Gasteiger partial charge in [-0.05, 0) is 24.8 Å². The van der Waals surface area contributed by atoms with Crippen LogP contribution >= 0.6 is 0 Å². The Kier molecular flexibility index (Phi) is 1.86. The van der Waals surface area contributed by atoms with E-state index in [9.17, 15) is 0 Å². The summed E-state index contributed by atoms with van der Waals surface area (Å²) in [7, 11) is 0. The standard InChI is InChI=1S/C12H14N2/c1-2-4-9(5-3-1)11-8-10-6-7-12(11)14-13-10/h1-5,10-12H,6-8H2/t10-,11+,12+/m1/s1. The fourth-order valence-electron chi connectivity index (χ4n) is 2.61. The maximum absolute atomic E-state index is 4.38. The highest BCUT2D eigenvalue weighted by atomic mass is 15.2. The Balaban J connectivity index is 1.91. The van der Waals surface area contributed by atoms with Crippen LogP contribution in [0.15, 0.2) is 40.6 Å². The summed E-state index contributed by atoms with van der Waals surface area (Å²) in [4.78, 5) is 0. The predicted octanol–water partition coefficient (Wildman–Crippen LogP) is 3.16. The zero-order chi connectivity index (χ0) is 9.38. The maximum Gasteiger partial charge on any atom is 0.0778 e. The molecule has 2 nitrogen and oxygen atoms in total. The van der Waals surface area contributed by atoms with Crippen LogP contribution < -0.4 is 0 Å². The van der Waals surface area contributed by atoms with E-state index < -0.39 is 0 Å². The Bertz CT molecular complexity index is 345. The van der Waals surface area contributed by atoms with Gasteiger partial charge in [0.15, 0.2) is 0 Å². The molecule has 0 spiro atoms. The number of benzene rings is 1. The second kappa shape index (κ2) is 3.19. The van der Waals surface area contributed by atoms with Crippen LogP contribution in [0.4, 0.5) is 0 Å². The second-order valence-electron chi connectivity index (χ2n) is 4.28. The van der Waals surface area contributed by atoms with Gasteiger partial charge in [0, 0.05) is 5.92 Å². The van der Waals surface area contributed by atoms with Crippen LogP contribution in [0, 0.1) is 0 Å². The highest BCUT2D eigenvalue weighted by Crippen LogP contribution is 2.40. The molecular formula is C12H14N2. The molecule has 0 N–H and O–H groups in total. The van der Waals surface area contributed by atoms with Gasteiger partial charge in [0.25, 0.3) is 0 Å². The van der Waals surface area contributed by atoms with Crippen molar-refractivity contribution < 1.29 is 0 Å². The number of fused-ring (bicyclic) bond motifs is 2. The molecule has 2 heteroatoms. The third-order valence-corrected chi connectivity index (χ3v) is 3.39. The van der Waals surface area contributed by atoms with Crippen molar-refractivity contribution in [2.45, 2.75) is 37.3 Å². The van der Waals surface area contributed by atoms with Crippen molar-refractivity contribution in [1.29, 1.82) is 0 Å². The zero-order valence-electron chi connectivity index (χ0n) is 8.13. The van der Waals surface area contributed by atoms with Crippen molar-refractivity contribution in [1.82, 2.24) is 0 Å². The number of hydrogen-bond acceptors (Lipinski definition) is 2. The lowest BCUT2D eigenvalue weighted by Crippen LogP contribution is -2.32. The number of azo groups is 1. The fourth-order valence-corrected chi connectivity index (χ4v) is 2.61. The molecule has 72 valence electrons. The van der Waals surface area contributed by atoms with E-state index >= 15 is 0 Å². The predicted molar refractivity (Wildman–Crippen MR) is 55.5 cm³/mol. The van der Waals surface area contributed by atoms with Gasteiger partial charge >= 0.3 is 0 Å². The molecule has 3 atom stereocenters. The molecule has 2 heterocycles. The van der Waals surface area contributed by atoms with Crippen LogP contribution in [0.25, 0.3) is 0 Å². The third-order valence-electron chi connectivity index (χ3n) is 3.39. The van der Waals surface area contributed by atoms with Gasteiger partial charge < -0.3 is 0 Å². The number of nitrogens with zero attached hydrogens (tertiary/aromatic N) is 2. The molecule has 14 heavy (non-hydrogen) atoms. The largest absolute Gasteiger partial charge is 0.190 e. The summed E-state index contributed by atoms with van der Waals surface area (Å²) in [6.07, 6.45) is 3.68. The van der Waals surface area contributed by atoms with Gasteiger partial charge in [0.2, 0.25) is 0 Å². The van der Waals surface area contributed by atoms with Crippen molar-refractivity contribution in [3.63, 3.8) is 0 Å². The summed E-state index contributed by atoms with van der Waals surface area (Å²) in [6, 6.07) is 11.7. The molecule has 0 amide bonds. The first-order valence-corrected chi connectivity index (χ1v) is 5.38. The Hall–Kier alpha value is -1.18. The Labute approximate surface area is 84.1 Å². The van der Waals surface area contributed by atoms with E-state index in [0.29, 0.717) is 18.0 Å². The monoisotopic (exact) mass is 186 g/mol. The summed E-state index contributed by atoms with van der Waals surface area (Å²) in [5, 5.41) is 8.68. The SMILES string of the molecule is c1ccc([C@@H]2C[C@H]3CC[C@@H]2N=N3)cc1. The molecule has 3 aliphatic rings. The Morgan fingerprint density at radius 1 is 1.00 bits per heavy atom. The molecular weight excluding hydrogens is 172 g/mol. The lowest BCUT2D eigenvalue weighted by atomic mass is 9.77. The molecule has 4 rings (SSSR count). The van der Waals surface area contributed by atoms with Gasteiger partial charge in [-0.25, -0.2) is 0 Å². The third kappa shape index (κ3) is 1.26. The van der Waals surface area contributed by atoms with Crippen LogP contribution in [0.1, 0.15) is 30.7 Å². The van der Waals surface area contributed by atoms with Crippen LogP contribution in [0.5, 0.6) is 0 Å². The minimum Gasteiger partial charge on any atom is -0.190 e. The van der Waals surface area contributed by atoms with E-state index in [4.69, 9.17) is 0 Å². The van der Waals surface area contributed by atoms with Crippen molar-refractivity contribution >= 4 is 0 Å². The zero-order valence-corrected chi connectivity index (χ0v) is 8.13. The van der Waals surface area contributed by atoms with Crippen molar-refractivity contribution in [3.8, 4) is 0 Å². The first kappa shape index (κ1) is 8.16. The molecule has 0 unspecified atom stereocenters. The van der Waals surface area contributed by atoms with E-state index in [1.807, 2.05) is 0 Å². The van der Waals surface area contributed by atoms with Gasteiger partial charge in [-0.1, -0.05) is 30.3 Å². The summed E-state index contributed by atoms with van der Waals surface area (Å²) < 4.78 is 0. The molecule has 1 aliphatic carbocycles. The first-order chi connectivity index (χ1) is 6.93. The highest BCUT2D eigenvalue weighted by molar-refractivity contribution is 5.23. The summed E-state index contributed by atoms with van der Waals surface area (Å²) in [6.45, 7) is 0. The molecule has 0 aromatic heterocycles. The first-order valence-electron chi connectivity index (χ1n) is 5.38. The fraction of sp³-hybridized carbons (Fsp3) is 0.500. The van der Waals surface area contributed by atoms with Crippen molar-refractivity contribution in [3.05, 3.63) is 35.9 Å². The molecule has 1 fully saturated rings. The number of hydrogen-bond donors (Lipinski definition) is 0. The topological polar surface area (TPSA) is 24.7 Å². The van der Waals surface area contributed by atoms with E-state index in [1.165, 1.54) is 24.8 Å². The minimum atomic E-state index is 0.461. The van der Waals surface area contributed by atoms with Crippen LogP contribution in [0.3, 0.4) is 0 Å². The average Bonchev–Trinajstić information content (AvgIpc) is 2.32. The summed E-state index contributed by atoms with van der Waals surface area (Å²) in [5.41, 5.74) is 1.45. The lowest BCUT2D eigenvalue weighted by molar-refractivity contribution is 0.284. The van der Waals surface area contributed by atoms with E-state index in [0.717, 1.165) is 0 Å². The quantitative estimate of drug-likeness (QED) is 0.643. The maximum atomic E-state index is 4.38. The molecule has 0 saturated heterocycles.